The Balaban J connectivity index is 1.32. The number of hydrogen-bond donors (Lipinski definition) is 1. The summed E-state index contributed by atoms with van der Waals surface area (Å²) in [5.41, 5.74) is 2.87. The number of fused-ring (bicyclic) bond motifs is 1. The summed E-state index contributed by atoms with van der Waals surface area (Å²) in [6.45, 7) is 2.96. The van der Waals surface area contributed by atoms with Gasteiger partial charge in [0.2, 0.25) is 5.95 Å². The number of sulfone groups is 1. The van der Waals surface area contributed by atoms with Gasteiger partial charge in [0.1, 0.15) is 0 Å². The van der Waals surface area contributed by atoms with E-state index in [-0.39, 0.29) is 10.9 Å². The number of imidazole rings is 1. The first-order valence-electron chi connectivity index (χ1n) is 11.6. The first kappa shape index (κ1) is 24.9. The first-order valence-corrected chi connectivity index (χ1v) is 13.4. The van der Waals surface area contributed by atoms with Crippen molar-refractivity contribution in [1.29, 1.82) is 0 Å². The van der Waals surface area contributed by atoms with Gasteiger partial charge in [-0.3, -0.25) is 0 Å². The van der Waals surface area contributed by atoms with Crippen LogP contribution in [0, 0.1) is 6.92 Å². The molecule has 0 aromatic carbocycles. The number of hydrogen-bond acceptors (Lipinski definition) is 8. The summed E-state index contributed by atoms with van der Waals surface area (Å²) in [6.07, 6.45) is 3.61. The minimum atomic E-state index is -4.46. The van der Waals surface area contributed by atoms with E-state index in [1.807, 2.05) is 33.8 Å². The van der Waals surface area contributed by atoms with Gasteiger partial charge in [0, 0.05) is 55.7 Å². The Morgan fingerprint density at radius 2 is 1.70 bits per heavy atom. The number of piperidine rings is 1. The molecule has 5 heterocycles. The van der Waals surface area contributed by atoms with E-state index in [2.05, 4.69) is 25.3 Å². The standard InChI is InChI=1S/C24H24F3N7O2S/c1-15-18(5-6-21(31-15)37(2,35)36)32-19-4-3-9-34-20(14-28-22(19)34)16-7-10-33(11-8-16)23-29-12-17(13-30-23)24(25,26)27/h3-6,9,12-14,16,32H,7-8,10-11H2,1-2H3. The molecular weight excluding hydrogens is 507 g/mol. The van der Waals surface area contributed by atoms with Crippen LogP contribution in [0.25, 0.3) is 5.65 Å². The Kier molecular flexibility index (Phi) is 6.26. The molecule has 0 spiro atoms. The monoisotopic (exact) mass is 531 g/mol. The lowest BCUT2D eigenvalue weighted by atomic mass is 9.94. The zero-order chi connectivity index (χ0) is 26.4. The van der Waals surface area contributed by atoms with Crippen molar-refractivity contribution >= 4 is 32.8 Å². The molecule has 0 amide bonds. The van der Waals surface area contributed by atoms with Gasteiger partial charge in [-0.1, -0.05) is 0 Å². The van der Waals surface area contributed by atoms with Gasteiger partial charge in [0.25, 0.3) is 0 Å². The number of alkyl halides is 3. The third kappa shape index (κ3) is 5.08. The molecule has 4 aromatic heterocycles. The van der Waals surface area contributed by atoms with Gasteiger partial charge in [-0.15, -0.1) is 0 Å². The molecule has 5 rings (SSSR count). The van der Waals surface area contributed by atoms with Crippen LogP contribution >= 0.6 is 0 Å². The van der Waals surface area contributed by atoms with Crippen LogP contribution < -0.4 is 10.2 Å². The van der Waals surface area contributed by atoms with Gasteiger partial charge >= 0.3 is 6.18 Å². The molecule has 0 atom stereocenters. The second kappa shape index (κ2) is 9.29. The fraction of sp³-hybridized carbons (Fsp3) is 0.333. The number of anilines is 3. The molecule has 0 radical (unpaired) electrons. The molecule has 37 heavy (non-hydrogen) atoms. The fourth-order valence-electron chi connectivity index (χ4n) is 4.46. The number of halogens is 3. The third-order valence-corrected chi connectivity index (χ3v) is 7.42. The van der Waals surface area contributed by atoms with Gasteiger partial charge in [-0.2, -0.15) is 13.2 Å². The molecule has 0 bridgehead atoms. The number of nitrogens with zero attached hydrogens (tertiary/aromatic N) is 6. The van der Waals surface area contributed by atoms with Crippen molar-refractivity contribution < 1.29 is 21.6 Å². The van der Waals surface area contributed by atoms with Crippen molar-refractivity contribution in [2.24, 2.45) is 0 Å². The Bertz CT molecular complexity index is 1550. The average Bonchev–Trinajstić information content (AvgIpc) is 3.29. The van der Waals surface area contributed by atoms with E-state index in [0.29, 0.717) is 30.4 Å². The number of rotatable bonds is 5. The van der Waals surface area contributed by atoms with Crippen LogP contribution in [0.15, 0.2) is 54.1 Å². The smallest absolute Gasteiger partial charge is 0.351 e. The minimum absolute atomic E-state index is 0.0184. The molecule has 0 saturated carbocycles. The maximum atomic E-state index is 12.8. The number of pyridine rings is 2. The molecule has 0 unspecified atom stereocenters. The van der Waals surface area contributed by atoms with Crippen LogP contribution in [0.3, 0.4) is 0 Å². The highest BCUT2D eigenvalue weighted by Crippen LogP contribution is 2.33. The van der Waals surface area contributed by atoms with Crippen molar-refractivity contribution in [2.75, 3.05) is 29.6 Å². The summed E-state index contributed by atoms with van der Waals surface area (Å²) in [7, 11) is -3.40. The number of aryl methyl sites for hydroxylation is 1. The molecule has 194 valence electrons. The van der Waals surface area contributed by atoms with Crippen LogP contribution in [-0.4, -0.2) is 52.1 Å². The summed E-state index contributed by atoms with van der Waals surface area (Å²) >= 11 is 0. The fourth-order valence-corrected chi connectivity index (χ4v) is 5.08. The number of aromatic nitrogens is 5. The lowest BCUT2D eigenvalue weighted by Crippen LogP contribution is -2.34. The van der Waals surface area contributed by atoms with E-state index in [9.17, 15) is 21.6 Å². The van der Waals surface area contributed by atoms with E-state index >= 15 is 0 Å². The van der Waals surface area contributed by atoms with E-state index in [0.717, 1.165) is 48.5 Å². The van der Waals surface area contributed by atoms with E-state index < -0.39 is 21.6 Å². The summed E-state index contributed by atoms with van der Waals surface area (Å²) in [5.74, 6) is 0.496. The third-order valence-electron chi connectivity index (χ3n) is 6.44. The molecule has 13 heteroatoms. The van der Waals surface area contributed by atoms with Crippen LogP contribution in [0.4, 0.5) is 30.5 Å². The van der Waals surface area contributed by atoms with E-state index in [4.69, 9.17) is 0 Å². The van der Waals surface area contributed by atoms with Gasteiger partial charge < -0.3 is 14.6 Å². The SMILES string of the molecule is Cc1nc(S(C)(=O)=O)ccc1Nc1cccn2c(C3CCN(c4ncc(C(F)(F)F)cn4)CC3)cnc12. The molecule has 1 fully saturated rings. The Morgan fingerprint density at radius 3 is 2.32 bits per heavy atom. The predicted molar refractivity (Wildman–Crippen MR) is 132 cm³/mol. The van der Waals surface area contributed by atoms with Crippen molar-refractivity contribution in [3.05, 3.63) is 66.0 Å². The lowest BCUT2D eigenvalue weighted by molar-refractivity contribution is -0.138. The highest BCUT2D eigenvalue weighted by molar-refractivity contribution is 7.90. The molecule has 1 aliphatic rings. The summed E-state index contributed by atoms with van der Waals surface area (Å²) in [5, 5.41) is 3.33. The highest BCUT2D eigenvalue weighted by Gasteiger charge is 2.32. The maximum Gasteiger partial charge on any atom is 0.419 e. The topological polar surface area (TPSA) is 105 Å². The van der Waals surface area contributed by atoms with E-state index in [1.54, 1.807) is 13.0 Å². The molecule has 1 saturated heterocycles. The maximum absolute atomic E-state index is 12.8. The zero-order valence-corrected chi connectivity index (χ0v) is 20.9. The van der Waals surface area contributed by atoms with E-state index in [1.165, 1.54) is 6.07 Å². The Morgan fingerprint density at radius 1 is 1.00 bits per heavy atom. The largest absolute Gasteiger partial charge is 0.419 e. The minimum Gasteiger partial charge on any atom is -0.351 e. The Hall–Kier alpha value is -3.74. The lowest BCUT2D eigenvalue weighted by Gasteiger charge is -2.31. The van der Waals surface area contributed by atoms with Gasteiger partial charge in [0.15, 0.2) is 20.5 Å². The van der Waals surface area contributed by atoms with Gasteiger partial charge in [0.05, 0.1) is 22.6 Å². The average molecular weight is 532 g/mol. The first-order chi connectivity index (χ1) is 17.5. The predicted octanol–water partition coefficient (Wildman–Crippen LogP) is 4.38. The summed E-state index contributed by atoms with van der Waals surface area (Å²) < 4.78 is 64.0. The van der Waals surface area contributed by atoms with Crippen LogP contribution in [-0.2, 0) is 16.0 Å². The summed E-state index contributed by atoms with van der Waals surface area (Å²) in [6, 6.07) is 6.95. The number of nitrogens with one attached hydrogen (secondary N) is 1. The quantitative estimate of drug-likeness (QED) is 0.405. The van der Waals surface area contributed by atoms with Crippen LogP contribution in [0.1, 0.15) is 35.7 Å². The Labute approximate surface area is 211 Å². The molecule has 9 nitrogen and oxygen atoms in total. The second-order valence-corrected chi connectivity index (χ2v) is 11.0. The van der Waals surface area contributed by atoms with Crippen molar-refractivity contribution in [2.45, 2.75) is 36.9 Å². The molecule has 0 aliphatic carbocycles. The summed E-state index contributed by atoms with van der Waals surface area (Å²) in [4.78, 5) is 18.5. The molecular formula is C24H24F3N7O2S. The van der Waals surface area contributed by atoms with Crippen LogP contribution in [0.5, 0.6) is 0 Å². The van der Waals surface area contributed by atoms with Gasteiger partial charge in [-0.25, -0.2) is 28.4 Å². The van der Waals surface area contributed by atoms with Crippen molar-refractivity contribution in [3.63, 3.8) is 0 Å². The molecule has 1 aliphatic heterocycles. The van der Waals surface area contributed by atoms with Crippen LogP contribution in [0.2, 0.25) is 0 Å². The second-order valence-electron chi connectivity index (χ2n) is 9.01. The van der Waals surface area contributed by atoms with Crippen molar-refractivity contribution in [3.8, 4) is 0 Å². The van der Waals surface area contributed by atoms with Gasteiger partial charge in [-0.05, 0) is 44.0 Å². The molecule has 4 aromatic rings. The normalized spacial score (nSPS) is 15.3. The zero-order valence-electron chi connectivity index (χ0n) is 20.1. The highest BCUT2D eigenvalue weighted by atomic mass is 32.2. The van der Waals surface area contributed by atoms with Crippen molar-refractivity contribution in [1.82, 2.24) is 24.3 Å². The molecule has 1 N–H and O–H groups in total.